The zero-order valence-corrected chi connectivity index (χ0v) is 17.1. The van der Waals surface area contributed by atoms with Gasteiger partial charge in [0.25, 0.3) is 0 Å². The Morgan fingerprint density at radius 1 is 1.00 bits per heavy atom. The summed E-state index contributed by atoms with van der Waals surface area (Å²) in [6, 6.07) is 22.1. The van der Waals surface area contributed by atoms with Crippen LogP contribution in [0.2, 0.25) is 0 Å². The number of hydrogen-bond acceptors (Lipinski definition) is 4. The zero-order valence-electron chi connectivity index (χ0n) is 17.1. The summed E-state index contributed by atoms with van der Waals surface area (Å²) in [7, 11) is 0. The fourth-order valence-corrected chi connectivity index (χ4v) is 3.46. The number of ether oxygens (including phenoxy) is 1. The van der Waals surface area contributed by atoms with Gasteiger partial charge in [-0.15, -0.1) is 5.43 Å². The summed E-state index contributed by atoms with van der Waals surface area (Å²) < 4.78 is 6.98. The molecule has 6 heteroatoms. The normalized spacial score (nSPS) is 13.2. The Morgan fingerprint density at radius 3 is 2.33 bits per heavy atom. The molecule has 1 aromatic heterocycles. The van der Waals surface area contributed by atoms with Crippen LogP contribution < -0.4 is 5.43 Å². The lowest BCUT2D eigenvalue weighted by Gasteiger charge is -2.13. The van der Waals surface area contributed by atoms with Gasteiger partial charge < -0.3 is 4.74 Å². The van der Waals surface area contributed by atoms with Crippen LogP contribution in [0.1, 0.15) is 31.0 Å². The molecule has 1 aliphatic rings. The molecule has 30 heavy (non-hydrogen) atoms. The number of rotatable bonds is 7. The van der Waals surface area contributed by atoms with Gasteiger partial charge in [-0.3, -0.25) is 4.79 Å². The Morgan fingerprint density at radius 2 is 1.67 bits per heavy atom. The van der Waals surface area contributed by atoms with E-state index in [1.54, 1.807) is 6.92 Å². The summed E-state index contributed by atoms with van der Waals surface area (Å²) in [6.07, 6.45) is 0.676. The first-order valence-corrected chi connectivity index (χ1v) is 10.0. The molecule has 0 saturated heterocycles. The first-order chi connectivity index (χ1) is 14.7. The lowest BCUT2D eigenvalue weighted by atomic mass is 10.1. The van der Waals surface area contributed by atoms with E-state index < -0.39 is 0 Å². The van der Waals surface area contributed by atoms with Crippen LogP contribution in [0.5, 0.6) is 0 Å². The topological polar surface area (TPSA) is 70.6 Å². The third kappa shape index (κ3) is 4.03. The molecule has 1 aliphatic heterocycles. The molecular weight excluding hydrogens is 376 g/mol. The third-order valence-electron chi connectivity index (χ3n) is 4.80. The van der Waals surface area contributed by atoms with E-state index in [0.717, 1.165) is 39.6 Å². The van der Waals surface area contributed by atoms with Gasteiger partial charge in [0.15, 0.2) is 0 Å². The number of allylic oxidation sites excluding steroid dienone is 1. The average Bonchev–Trinajstić information content (AvgIpc) is 3.37. The van der Waals surface area contributed by atoms with E-state index >= 15 is 0 Å². The minimum absolute atomic E-state index is 0.243. The number of carbonyl (C=O) groups is 1. The highest BCUT2D eigenvalue weighted by Gasteiger charge is 2.27. The standard InChI is InChI=1S/C24H23N4O2/c1-3-30-22(29)15-14-20-24(23(26-25-20)19-12-8-5-9-13-19)28-21(16-17(2)27-28)18-10-6-4-7-11-18/h4-13,16H,3,14-15H2,1-2H3. The van der Waals surface area contributed by atoms with Gasteiger partial charge in [0, 0.05) is 17.5 Å². The molecule has 6 nitrogen and oxygen atoms in total. The minimum atomic E-state index is -0.243. The molecule has 0 aliphatic carbocycles. The highest BCUT2D eigenvalue weighted by Crippen LogP contribution is 2.32. The maximum atomic E-state index is 11.9. The van der Waals surface area contributed by atoms with Crippen molar-refractivity contribution in [2.45, 2.75) is 26.7 Å². The highest BCUT2D eigenvalue weighted by molar-refractivity contribution is 6.27. The Kier molecular flexibility index (Phi) is 5.75. The van der Waals surface area contributed by atoms with Gasteiger partial charge in [0.05, 0.1) is 30.1 Å². The highest BCUT2D eigenvalue weighted by atomic mass is 16.5. The molecule has 2 aromatic carbocycles. The van der Waals surface area contributed by atoms with Crippen molar-refractivity contribution in [1.29, 1.82) is 0 Å². The van der Waals surface area contributed by atoms with Crippen molar-refractivity contribution in [3.8, 4) is 11.3 Å². The number of aryl methyl sites for hydroxylation is 1. The van der Waals surface area contributed by atoms with Gasteiger partial charge in [0.2, 0.25) is 0 Å². The molecule has 3 aromatic rings. The lowest BCUT2D eigenvalue weighted by Crippen LogP contribution is -2.13. The van der Waals surface area contributed by atoms with Crippen LogP contribution in [0.25, 0.3) is 22.7 Å². The van der Waals surface area contributed by atoms with Crippen molar-refractivity contribution in [1.82, 2.24) is 15.2 Å². The number of benzene rings is 2. The van der Waals surface area contributed by atoms with Gasteiger partial charge in [-0.25, -0.2) is 4.68 Å². The SMILES string of the molecule is CCOC(=O)CCC1=N[N]C(c2ccccc2)=C1n1nc(C)cc1-c1ccccc1. The molecule has 0 atom stereocenters. The molecule has 0 saturated carbocycles. The molecule has 2 heterocycles. The van der Waals surface area contributed by atoms with Crippen molar-refractivity contribution in [2.24, 2.45) is 5.10 Å². The molecule has 151 valence electrons. The number of carbonyl (C=O) groups excluding carboxylic acids is 1. The quantitative estimate of drug-likeness (QED) is 0.549. The number of hydrogen-bond donors (Lipinski definition) is 0. The maximum Gasteiger partial charge on any atom is 0.306 e. The van der Waals surface area contributed by atoms with Crippen molar-refractivity contribution in [2.75, 3.05) is 6.61 Å². The monoisotopic (exact) mass is 399 g/mol. The summed E-state index contributed by atoms with van der Waals surface area (Å²) in [5, 5.41) is 9.19. The van der Waals surface area contributed by atoms with Gasteiger partial charge in [-0.1, -0.05) is 60.7 Å². The van der Waals surface area contributed by atoms with E-state index in [1.165, 1.54) is 0 Å². The Bertz CT molecular complexity index is 1100. The summed E-state index contributed by atoms with van der Waals surface area (Å²) in [5.74, 6) is -0.243. The Balaban J connectivity index is 1.80. The molecular formula is C24H23N4O2. The number of aromatic nitrogens is 2. The van der Waals surface area contributed by atoms with Gasteiger partial charge in [0.1, 0.15) is 11.4 Å². The van der Waals surface area contributed by atoms with Crippen LogP contribution in [0.4, 0.5) is 0 Å². The second-order valence-corrected chi connectivity index (χ2v) is 6.96. The second kappa shape index (κ2) is 8.78. The fraction of sp³-hybridized carbons (Fsp3) is 0.208. The van der Waals surface area contributed by atoms with Crippen molar-refractivity contribution < 1.29 is 9.53 Å². The van der Waals surface area contributed by atoms with E-state index in [-0.39, 0.29) is 12.4 Å². The molecule has 0 bridgehead atoms. The van der Waals surface area contributed by atoms with E-state index in [1.807, 2.05) is 66.2 Å². The van der Waals surface area contributed by atoms with Crippen molar-refractivity contribution in [3.63, 3.8) is 0 Å². The molecule has 1 radical (unpaired) electrons. The largest absolute Gasteiger partial charge is 0.466 e. The first kappa shape index (κ1) is 19.6. The maximum absolute atomic E-state index is 11.9. The van der Waals surface area contributed by atoms with Gasteiger partial charge in [-0.05, 0) is 19.9 Å². The average molecular weight is 399 g/mol. The number of nitrogens with zero attached hydrogens (tertiary/aromatic N) is 4. The fourth-order valence-electron chi connectivity index (χ4n) is 3.46. The van der Waals surface area contributed by atoms with Crippen LogP contribution in [0, 0.1) is 6.92 Å². The van der Waals surface area contributed by atoms with E-state index in [9.17, 15) is 4.79 Å². The predicted molar refractivity (Wildman–Crippen MR) is 117 cm³/mol. The van der Waals surface area contributed by atoms with E-state index in [4.69, 9.17) is 9.84 Å². The summed E-state index contributed by atoms with van der Waals surface area (Å²) >= 11 is 0. The van der Waals surface area contributed by atoms with E-state index in [0.29, 0.717) is 13.0 Å². The Hall–Kier alpha value is -3.67. The van der Waals surface area contributed by atoms with Gasteiger partial charge in [-0.2, -0.15) is 10.2 Å². The van der Waals surface area contributed by atoms with E-state index in [2.05, 4.69) is 22.7 Å². The summed E-state index contributed by atoms with van der Waals surface area (Å²) in [5.41, 5.74) is 10.6. The molecule has 0 fully saturated rings. The minimum Gasteiger partial charge on any atom is -0.466 e. The molecule has 0 N–H and O–H groups in total. The summed E-state index contributed by atoms with van der Waals surface area (Å²) in [4.78, 5) is 11.9. The molecule has 4 rings (SSSR count). The third-order valence-corrected chi connectivity index (χ3v) is 4.80. The van der Waals surface area contributed by atoms with Crippen molar-refractivity contribution >= 4 is 23.1 Å². The van der Waals surface area contributed by atoms with Gasteiger partial charge >= 0.3 is 5.97 Å². The molecule has 0 spiro atoms. The lowest BCUT2D eigenvalue weighted by molar-refractivity contribution is -0.142. The summed E-state index contributed by atoms with van der Waals surface area (Å²) in [6.45, 7) is 4.13. The molecule has 0 unspecified atom stereocenters. The van der Waals surface area contributed by atoms with Crippen LogP contribution in [0.15, 0.2) is 71.8 Å². The van der Waals surface area contributed by atoms with Crippen LogP contribution in [0.3, 0.4) is 0 Å². The second-order valence-electron chi connectivity index (χ2n) is 6.96. The zero-order chi connectivity index (χ0) is 20.9. The Labute approximate surface area is 175 Å². The smallest absolute Gasteiger partial charge is 0.306 e. The molecule has 0 amide bonds. The van der Waals surface area contributed by atoms with Crippen molar-refractivity contribution in [3.05, 3.63) is 78.0 Å². The first-order valence-electron chi connectivity index (χ1n) is 10.0. The predicted octanol–water partition coefficient (Wildman–Crippen LogP) is 4.50. The number of esters is 1. The van der Waals surface area contributed by atoms with Crippen LogP contribution in [-0.2, 0) is 9.53 Å². The van der Waals surface area contributed by atoms with Crippen LogP contribution >= 0.6 is 0 Å². The van der Waals surface area contributed by atoms with Crippen LogP contribution in [-0.4, -0.2) is 28.1 Å².